The van der Waals surface area contributed by atoms with Crippen LogP contribution < -0.4 is 5.32 Å². The van der Waals surface area contributed by atoms with Crippen LogP contribution in [-0.2, 0) is 17.6 Å². The number of hydrogen-bond donors (Lipinski definition) is 2. The lowest BCUT2D eigenvalue weighted by Gasteiger charge is -2.12. The van der Waals surface area contributed by atoms with Crippen molar-refractivity contribution in [3.05, 3.63) is 35.3 Å². The molecule has 6 nitrogen and oxygen atoms in total. The number of aromatic amines is 1. The third kappa shape index (κ3) is 2.86. The maximum absolute atomic E-state index is 12.3. The van der Waals surface area contributed by atoms with E-state index in [0.717, 1.165) is 55.7 Å². The topological polar surface area (TPSA) is 79.9 Å². The monoisotopic (exact) mass is 312 g/mol. The van der Waals surface area contributed by atoms with Crippen molar-refractivity contribution < 1.29 is 9.53 Å². The fourth-order valence-corrected chi connectivity index (χ4v) is 3.33. The molecule has 1 fully saturated rings. The second-order valence-corrected chi connectivity index (χ2v) is 6.16. The van der Waals surface area contributed by atoms with Gasteiger partial charge < -0.3 is 10.1 Å². The Balaban J connectivity index is 1.53. The van der Waals surface area contributed by atoms with Crippen LogP contribution in [0.2, 0.25) is 0 Å². The molecule has 23 heavy (non-hydrogen) atoms. The van der Waals surface area contributed by atoms with E-state index < -0.39 is 0 Å². The van der Waals surface area contributed by atoms with Gasteiger partial charge in [0.05, 0.1) is 23.7 Å². The van der Waals surface area contributed by atoms with Crippen molar-refractivity contribution >= 4 is 5.91 Å². The molecule has 1 aliphatic carbocycles. The summed E-state index contributed by atoms with van der Waals surface area (Å²) in [5.41, 5.74) is 4.77. The van der Waals surface area contributed by atoms with Crippen molar-refractivity contribution in [2.24, 2.45) is 0 Å². The zero-order chi connectivity index (χ0) is 15.6. The van der Waals surface area contributed by atoms with Crippen LogP contribution in [0.1, 0.15) is 41.0 Å². The zero-order valence-electron chi connectivity index (χ0n) is 13.0. The van der Waals surface area contributed by atoms with Crippen LogP contribution in [0.4, 0.5) is 0 Å². The normalized spacial score (nSPS) is 19.7. The van der Waals surface area contributed by atoms with Gasteiger partial charge in [0.1, 0.15) is 5.69 Å². The summed E-state index contributed by atoms with van der Waals surface area (Å²) >= 11 is 0. The molecule has 2 aromatic heterocycles. The van der Waals surface area contributed by atoms with Gasteiger partial charge in [0, 0.05) is 18.7 Å². The van der Waals surface area contributed by atoms with Crippen LogP contribution in [0.5, 0.6) is 0 Å². The highest BCUT2D eigenvalue weighted by molar-refractivity contribution is 5.92. The fourth-order valence-electron chi connectivity index (χ4n) is 3.33. The summed E-state index contributed by atoms with van der Waals surface area (Å²) in [5.74, 6) is -0.127. The standard InChI is InChI=1S/C17H20N4O2/c22-17(18-10-12-4-2-8-23-12)15-7-6-13-14(20-15)5-1-3-11-9-19-21-16(11)13/h6-7,9,12H,1-5,8,10H2,(H,18,22)(H,19,21)/t12-/m1/s1. The Kier molecular flexibility index (Phi) is 3.83. The Bertz CT molecular complexity index is 719. The minimum absolute atomic E-state index is 0.127. The molecule has 0 unspecified atom stereocenters. The number of carbonyl (C=O) groups is 1. The van der Waals surface area contributed by atoms with Gasteiger partial charge in [-0.3, -0.25) is 9.89 Å². The molecule has 3 heterocycles. The number of hydrogen-bond acceptors (Lipinski definition) is 4. The smallest absolute Gasteiger partial charge is 0.269 e. The molecular weight excluding hydrogens is 292 g/mol. The number of rotatable bonds is 3. The van der Waals surface area contributed by atoms with Gasteiger partial charge in [-0.05, 0) is 49.8 Å². The van der Waals surface area contributed by atoms with E-state index in [9.17, 15) is 4.79 Å². The molecule has 0 aromatic carbocycles. The summed E-state index contributed by atoms with van der Waals surface area (Å²) in [6, 6.07) is 3.77. The molecule has 4 rings (SSSR count). The third-order valence-corrected chi connectivity index (χ3v) is 4.57. The summed E-state index contributed by atoms with van der Waals surface area (Å²) < 4.78 is 5.53. The van der Waals surface area contributed by atoms with Gasteiger partial charge in [-0.2, -0.15) is 5.10 Å². The van der Waals surface area contributed by atoms with Gasteiger partial charge in [0.15, 0.2) is 0 Å². The molecule has 2 N–H and O–H groups in total. The summed E-state index contributed by atoms with van der Waals surface area (Å²) in [4.78, 5) is 16.9. The molecule has 1 saturated heterocycles. The largest absolute Gasteiger partial charge is 0.376 e. The Morgan fingerprint density at radius 3 is 3.17 bits per heavy atom. The SMILES string of the molecule is O=C(NC[C@H]1CCCO1)c1ccc2c(n1)CCCc1cn[nH]c1-2. The van der Waals surface area contributed by atoms with Crippen LogP contribution in [0, 0.1) is 0 Å². The van der Waals surface area contributed by atoms with Crippen molar-refractivity contribution in [3.8, 4) is 11.3 Å². The number of nitrogens with one attached hydrogen (secondary N) is 2. The minimum atomic E-state index is -0.127. The number of nitrogens with zero attached hydrogens (tertiary/aromatic N) is 2. The van der Waals surface area contributed by atoms with E-state index in [4.69, 9.17) is 4.74 Å². The first-order chi connectivity index (χ1) is 11.3. The Hall–Kier alpha value is -2.21. The number of H-pyrrole nitrogens is 1. The molecule has 2 aliphatic rings. The predicted molar refractivity (Wildman–Crippen MR) is 85.2 cm³/mol. The number of fused-ring (bicyclic) bond motifs is 3. The third-order valence-electron chi connectivity index (χ3n) is 4.57. The number of aryl methyl sites for hydroxylation is 2. The molecule has 1 atom stereocenters. The Morgan fingerprint density at radius 1 is 1.35 bits per heavy atom. The van der Waals surface area contributed by atoms with Crippen LogP contribution in [0.3, 0.4) is 0 Å². The summed E-state index contributed by atoms with van der Waals surface area (Å²) in [5, 5.41) is 10.1. The number of ether oxygens (including phenoxy) is 1. The molecular formula is C17H20N4O2. The molecule has 1 aliphatic heterocycles. The van der Waals surface area contributed by atoms with Gasteiger partial charge in [0.2, 0.25) is 0 Å². The lowest BCUT2D eigenvalue weighted by molar-refractivity contribution is 0.0853. The van der Waals surface area contributed by atoms with Crippen molar-refractivity contribution in [3.63, 3.8) is 0 Å². The van der Waals surface area contributed by atoms with Crippen molar-refractivity contribution in [2.75, 3.05) is 13.2 Å². The first-order valence-corrected chi connectivity index (χ1v) is 8.23. The van der Waals surface area contributed by atoms with E-state index >= 15 is 0 Å². The molecule has 0 bridgehead atoms. The van der Waals surface area contributed by atoms with E-state index in [-0.39, 0.29) is 12.0 Å². The fraction of sp³-hybridized carbons (Fsp3) is 0.471. The quantitative estimate of drug-likeness (QED) is 0.907. The Labute approximate surface area is 134 Å². The summed E-state index contributed by atoms with van der Waals surface area (Å²) in [6.45, 7) is 1.35. The summed E-state index contributed by atoms with van der Waals surface area (Å²) in [6.07, 6.45) is 7.01. The van der Waals surface area contributed by atoms with Crippen molar-refractivity contribution in [1.29, 1.82) is 0 Å². The molecule has 0 radical (unpaired) electrons. The lowest BCUT2D eigenvalue weighted by Crippen LogP contribution is -2.32. The van der Waals surface area contributed by atoms with Crippen LogP contribution in [0.25, 0.3) is 11.3 Å². The van der Waals surface area contributed by atoms with Gasteiger partial charge in [-0.1, -0.05) is 0 Å². The molecule has 0 saturated carbocycles. The summed E-state index contributed by atoms with van der Waals surface area (Å²) in [7, 11) is 0. The van der Waals surface area contributed by atoms with Crippen molar-refractivity contribution in [1.82, 2.24) is 20.5 Å². The van der Waals surface area contributed by atoms with Gasteiger partial charge >= 0.3 is 0 Å². The van der Waals surface area contributed by atoms with Crippen LogP contribution >= 0.6 is 0 Å². The number of amides is 1. The molecule has 1 amide bonds. The minimum Gasteiger partial charge on any atom is -0.376 e. The van der Waals surface area contributed by atoms with Crippen molar-refractivity contribution in [2.45, 2.75) is 38.2 Å². The van der Waals surface area contributed by atoms with Gasteiger partial charge in [-0.25, -0.2) is 4.98 Å². The second-order valence-electron chi connectivity index (χ2n) is 6.16. The molecule has 2 aromatic rings. The van der Waals surface area contributed by atoms with E-state index in [1.807, 2.05) is 12.3 Å². The second kappa shape index (κ2) is 6.12. The number of carbonyl (C=O) groups excluding carboxylic acids is 1. The zero-order valence-corrected chi connectivity index (χ0v) is 13.0. The van der Waals surface area contributed by atoms with Gasteiger partial charge in [0.25, 0.3) is 5.91 Å². The average Bonchev–Trinajstić information content (AvgIpc) is 3.22. The maximum Gasteiger partial charge on any atom is 0.269 e. The molecule has 6 heteroatoms. The highest BCUT2D eigenvalue weighted by Crippen LogP contribution is 2.29. The first-order valence-electron chi connectivity index (χ1n) is 8.23. The van der Waals surface area contributed by atoms with Crippen LogP contribution in [0.15, 0.2) is 18.3 Å². The molecule has 120 valence electrons. The first kappa shape index (κ1) is 14.4. The maximum atomic E-state index is 12.3. The predicted octanol–water partition coefficient (Wildman–Crippen LogP) is 1.87. The van der Waals surface area contributed by atoms with E-state index in [1.54, 1.807) is 6.07 Å². The average molecular weight is 312 g/mol. The number of pyridine rings is 1. The van der Waals surface area contributed by atoms with Crippen LogP contribution in [-0.4, -0.2) is 40.3 Å². The highest BCUT2D eigenvalue weighted by Gasteiger charge is 2.20. The van der Waals surface area contributed by atoms with Gasteiger partial charge in [-0.15, -0.1) is 0 Å². The number of aromatic nitrogens is 3. The highest BCUT2D eigenvalue weighted by atomic mass is 16.5. The molecule has 0 spiro atoms. The van der Waals surface area contributed by atoms with E-state index in [0.29, 0.717) is 12.2 Å². The lowest BCUT2D eigenvalue weighted by atomic mass is 10.1. The van der Waals surface area contributed by atoms with E-state index in [1.165, 1.54) is 5.56 Å². The van der Waals surface area contributed by atoms with E-state index in [2.05, 4.69) is 20.5 Å². The Morgan fingerprint density at radius 2 is 2.30 bits per heavy atom.